The number of hydrogen-bond donors (Lipinski definition) is 0. The minimum absolute atomic E-state index is 0.221. The topological polar surface area (TPSA) is 96.5 Å². The first-order valence-electron chi connectivity index (χ1n) is 7.18. The lowest BCUT2D eigenvalue weighted by atomic mass is 9.82. The molecule has 25 heavy (non-hydrogen) atoms. The van der Waals surface area contributed by atoms with Crippen molar-refractivity contribution in [2.45, 2.75) is 31.4 Å². The van der Waals surface area contributed by atoms with Gasteiger partial charge in [0.1, 0.15) is 23.1 Å². The van der Waals surface area contributed by atoms with E-state index in [1.807, 2.05) is 6.07 Å². The highest BCUT2D eigenvalue weighted by Gasteiger charge is 2.62. The largest absolute Gasteiger partial charge is 0.365 e. The molecular weight excluding hydrogens is 369 g/mol. The van der Waals surface area contributed by atoms with Crippen LogP contribution >= 0.6 is 23.2 Å². The molecule has 9 heteroatoms. The number of hydrogen-bond acceptors (Lipinski definition) is 6. The normalized spacial score (nSPS) is 22.7. The molecule has 2 atom stereocenters. The van der Waals surface area contributed by atoms with Crippen LogP contribution in [0.5, 0.6) is 0 Å². The van der Waals surface area contributed by atoms with Gasteiger partial charge in [-0.25, -0.2) is 4.79 Å². The summed E-state index contributed by atoms with van der Waals surface area (Å²) >= 11 is 12.1. The molecule has 0 aromatic heterocycles. The molecule has 0 spiro atoms. The molecule has 1 heterocycles. The van der Waals surface area contributed by atoms with Crippen LogP contribution < -0.4 is 0 Å². The van der Waals surface area contributed by atoms with Gasteiger partial charge in [-0.15, -0.1) is 0 Å². The highest BCUT2D eigenvalue weighted by Crippen LogP contribution is 2.50. The number of carbonyl (C=O) groups excluding carboxylic acids is 1. The molecule has 1 aromatic carbocycles. The average Bonchev–Trinajstić information content (AvgIpc) is 2.77. The number of nitrogens with zero attached hydrogens (tertiary/aromatic N) is 3. The van der Waals surface area contributed by atoms with Crippen molar-refractivity contribution in [2.24, 2.45) is 0 Å². The van der Waals surface area contributed by atoms with Gasteiger partial charge in [0.2, 0.25) is 0 Å². The molecule has 0 radical (unpaired) electrons. The Hall–Kier alpha value is -2.36. The van der Waals surface area contributed by atoms with Gasteiger partial charge in [-0.1, -0.05) is 40.4 Å². The standard InChI is InChI=1S/C16H13Cl2N3O4/c1-10(2)25-20-15(21(23)24)14(18)13(16(20,9-19)7-8-22)11-3-5-12(17)6-4-11/h3-7,10,13H,1-2H3. The lowest BCUT2D eigenvalue weighted by molar-refractivity contribution is -0.472. The van der Waals surface area contributed by atoms with Gasteiger partial charge in [-0.05, 0) is 36.5 Å². The number of benzene rings is 1. The molecule has 0 fully saturated rings. The molecular formula is C16H13Cl2N3O4. The summed E-state index contributed by atoms with van der Waals surface area (Å²) in [5.41, 5.74) is -1.38. The zero-order valence-corrected chi connectivity index (χ0v) is 14.8. The van der Waals surface area contributed by atoms with E-state index in [9.17, 15) is 20.2 Å². The Kier molecular flexibility index (Phi) is 5.51. The molecule has 1 aliphatic rings. The van der Waals surface area contributed by atoms with Gasteiger partial charge >= 0.3 is 5.82 Å². The third-order valence-corrected chi connectivity index (χ3v) is 4.23. The Balaban J connectivity index is 2.77. The molecule has 0 amide bonds. The van der Waals surface area contributed by atoms with E-state index in [1.165, 1.54) is 0 Å². The second kappa shape index (κ2) is 7.26. The Morgan fingerprint density at radius 3 is 2.44 bits per heavy atom. The fraction of sp³-hybridized carbons (Fsp3) is 0.312. The molecule has 130 valence electrons. The Labute approximate surface area is 153 Å². The maximum Gasteiger partial charge on any atom is 0.365 e. The summed E-state index contributed by atoms with van der Waals surface area (Å²) in [6.07, 6.45) is 0.379. The third-order valence-electron chi connectivity index (χ3n) is 3.59. The second-order valence-electron chi connectivity index (χ2n) is 5.56. The van der Waals surface area contributed by atoms with Crippen LogP contribution in [-0.4, -0.2) is 27.6 Å². The van der Waals surface area contributed by atoms with Gasteiger partial charge < -0.3 is 10.1 Å². The van der Waals surface area contributed by atoms with Crippen LogP contribution in [0.25, 0.3) is 0 Å². The summed E-state index contributed by atoms with van der Waals surface area (Å²) in [4.78, 5) is 27.4. The SMILES string of the molecule is CC(C)ON1C([N+](=O)[O-])=C(Cl)C(c2ccc(Cl)cc2)C1(C#N)C=C=O. The van der Waals surface area contributed by atoms with E-state index in [2.05, 4.69) is 0 Å². The van der Waals surface area contributed by atoms with E-state index in [1.54, 1.807) is 44.1 Å². The van der Waals surface area contributed by atoms with Crippen molar-refractivity contribution in [3.63, 3.8) is 0 Å². The summed E-state index contributed by atoms with van der Waals surface area (Å²) in [7, 11) is 0. The molecule has 0 saturated carbocycles. The predicted molar refractivity (Wildman–Crippen MR) is 90.7 cm³/mol. The highest BCUT2D eigenvalue weighted by molar-refractivity contribution is 6.31. The molecule has 0 bridgehead atoms. The maximum absolute atomic E-state index is 11.5. The van der Waals surface area contributed by atoms with Gasteiger partial charge in [-0.3, -0.25) is 0 Å². The summed E-state index contributed by atoms with van der Waals surface area (Å²) in [6.45, 7) is 3.27. The number of hydroxylamine groups is 2. The van der Waals surface area contributed by atoms with E-state index in [0.29, 0.717) is 10.6 Å². The minimum Gasteiger partial charge on any atom is -0.358 e. The number of halogens is 2. The molecule has 0 saturated heterocycles. The van der Waals surface area contributed by atoms with Crippen molar-refractivity contribution in [3.05, 3.63) is 61.9 Å². The second-order valence-corrected chi connectivity index (χ2v) is 6.40. The van der Waals surface area contributed by atoms with Crippen molar-refractivity contribution in [2.75, 3.05) is 0 Å². The van der Waals surface area contributed by atoms with Crippen molar-refractivity contribution >= 4 is 29.1 Å². The molecule has 0 N–H and O–H groups in total. The predicted octanol–water partition coefficient (Wildman–Crippen LogP) is 3.41. The summed E-state index contributed by atoms with van der Waals surface area (Å²) in [5.74, 6) is -0.0681. The Morgan fingerprint density at radius 1 is 1.40 bits per heavy atom. The van der Waals surface area contributed by atoms with Crippen LogP contribution in [0.4, 0.5) is 0 Å². The first-order valence-corrected chi connectivity index (χ1v) is 7.94. The summed E-state index contributed by atoms with van der Waals surface area (Å²) in [6, 6.07) is 8.21. The van der Waals surface area contributed by atoms with Gasteiger partial charge in [0, 0.05) is 5.02 Å². The van der Waals surface area contributed by atoms with Crippen LogP contribution in [0.3, 0.4) is 0 Å². The van der Waals surface area contributed by atoms with Crippen LogP contribution in [0.1, 0.15) is 25.3 Å². The van der Waals surface area contributed by atoms with E-state index >= 15 is 0 Å². The van der Waals surface area contributed by atoms with E-state index in [0.717, 1.165) is 11.1 Å². The molecule has 7 nitrogen and oxygen atoms in total. The Bertz CT molecular complexity index is 810. The van der Waals surface area contributed by atoms with Crippen molar-refractivity contribution in [1.82, 2.24) is 5.06 Å². The van der Waals surface area contributed by atoms with Crippen molar-refractivity contribution < 1.29 is 14.6 Å². The summed E-state index contributed by atoms with van der Waals surface area (Å²) in [5, 5.41) is 22.4. The van der Waals surface area contributed by atoms with E-state index < -0.39 is 28.3 Å². The van der Waals surface area contributed by atoms with Crippen LogP contribution in [-0.2, 0) is 9.63 Å². The minimum atomic E-state index is -1.85. The van der Waals surface area contributed by atoms with Crippen molar-refractivity contribution in [1.29, 1.82) is 5.26 Å². The van der Waals surface area contributed by atoms with Gasteiger partial charge in [0.05, 0.1) is 12.0 Å². The van der Waals surface area contributed by atoms with Gasteiger partial charge in [0.25, 0.3) is 5.54 Å². The maximum atomic E-state index is 11.5. The summed E-state index contributed by atoms with van der Waals surface area (Å²) < 4.78 is 0. The highest BCUT2D eigenvalue weighted by atomic mass is 35.5. The fourth-order valence-electron chi connectivity index (χ4n) is 2.65. The molecule has 1 aliphatic heterocycles. The molecule has 2 rings (SSSR count). The number of rotatable bonds is 5. The zero-order chi connectivity index (χ0) is 18.8. The van der Waals surface area contributed by atoms with E-state index in [-0.39, 0.29) is 5.03 Å². The fourth-order valence-corrected chi connectivity index (χ4v) is 3.21. The number of nitro groups is 1. The average molecular weight is 382 g/mol. The van der Waals surface area contributed by atoms with Crippen LogP contribution in [0, 0.1) is 21.4 Å². The molecule has 0 aliphatic carbocycles. The number of nitriles is 1. The first kappa shape index (κ1) is 19.0. The smallest absolute Gasteiger partial charge is 0.358 e. The zero-order valence-electron chi connectivity index (χ0n) is 13.3. The quantitative estimate of drug-likeness (QED) is 0.440. The lowest BCUT2D eigenvalue weighted by Gasteiger charge is -2.29. The lowest BCUT2D eigenvalue weighted by Crippen LogP contribution is -2.47. The van der Waals surface area contributed by atoms with Gasteiger partial charge in [-0.2, -0.15) is 10.1 Å². The first-order chi connectivity index (χ1) is 11.8. The van der Waals surface area contributed by atoms with Crippen LogP contribution in [0.15, 0.2) is 41.2 Å². The molecule has 2 unspecified atom stereocenters. The monoisotopic (exact) mass is 381 g/mol. The Morgan fingerprint density at radius 2 is 2.00 bits per heavy atom. The third kappa shape index (κ3) is 3.26. The van der Waals surface area contributed by atoms with Gasteiger partial charge in [0.15, 0.2) is 0 Å². The molecule has 1 aromatic rings. The van der Waals surface area contributed by atoms with Crippen LogP contribution in [0.2, 0.25) is 5.02 Å². The van der Waals surface area contributed by atoms with Crippen molar-refractivity contribution in [3.8, 4) is 6.07 Å². The van der Waals surface area contributed by atoms with E-state index in [4.69, 9.17) is 28.0 Å².